The van der Waals surface area contributed by atoms with Gasteiger partial charge in [-0.3, -0.25) is 4.79 Å². The largest absolute Gasteiger partial charge is 0.420 e. The van der Waals surface area contributed by atoms with Crippen LogP contribution in [0.25, 0.3) is 0 Å². The lowest BCUT2D eigenvalue weighted by Crippen LogP contribution is -2.10. The zero-order valence-corrected chi connectivity index (χ0v) is 6.59. The van der Waals surface area contributed by atoms with Gasteiger partial charge in [-0.2, -0.15) is 0 Å². The number of rotatable bonds is 0. The summed E-state index contributed by atoms with van der Waals surface area (Å²) in [5.74, 6) is -1.20. The van der Waals surface area contributed by atoms with E-state index in [1.165, 1.54) is 12.1 Å². The molecule has 0 amide bonds. The highest BCUT2D eigenvalue weighted by Crippen LogP contribution is 2.28. The Hall–Kier alpha value is -1.35. The number of hydrogen-bond donors (Lipinski definition) is 0. The lowest BCUT2D eigenvalue weighted by molar-refractivity contribution is -0.128. The maximum Gasteiger partial charge on any atom is 0.385 e. The number of esters is 1. The van der Waals surface area contributed by atoms with E-state index in [9.17, 15) is 9.59 Å². The minimum absolute atomic E-state index is 0.248. The lowest BCUT2D eigenvalue weighted by Gasteiger charge is -1.93. The van der Waals surface area contributed by atoms with Crippen LogP contribution in [-0.2, 0) is 4.79 Å². The van der Waals surface area contributed by atoms with Crippen molar-refractivity contribution >= 4 is 23.4 Å². The molecule has 0 aliphatic carbocycles. The number of halogens is 1. The lowest BCUT2D eigenvalue weighted by atomic mass is 10.1. The average Bonchev–Trinajstić information content (AvgIpc) is 2.28. The molecule has 0 unspecified atom stereocenters. The SMILES string of the molecule is O=C1Oc2cc(Cl)ccc2C1=O. The first-order chi connectivity index (χ1) is 5.68. The Morgan fingerprint density at radius 2 is 2.00 bits per heavy atom. The van der Waals surface area contributed by atoms with Gasteiger partial charge in [0.1, 0.15) is 5.75 Å². The Kier molecular flexibility index (Phi) is 1.41. The highest BCUT2D eigenvalue weighted by Gasteiger charge is 2.30. The van der Waals surface area contributed by atoms with Crippen molar-refractivity contribution in [3.8, 4) is 5.75 Å². The van der Waals surface area contributed by atoms with E-state index in [1.54, 1.807) is 6.07 Å². The van der Waals surface area contributed by atoms with E-state index in [4.69, 9.17) is 11.6 Å². The molecule has 4 heteroatoms. The van der Waals surface area contributed by atoms with Crippen molar-refractivity contribution in [1.82, 2.24) is 0 Å². The zero-order valence-electron chi connectivity index (χ0n) is 5.83. The molecular weight excluding hydrogens is 180 g/mol. The van der Waals surface area contributed by atoms with Gasteiger partial charge in [0.05, 0.1) is 5.56 Å². The van der Waals surface area contributed by atoms with Gasteiger partial charge in [-0.05, 0) is 12.1 Å². The molecule has 0 atom stereocenters. The van der Waals surface area contributed by atoms with Crippen LogP contribution in [0.15, 0.2) is 18.2 Å². The quantitative estimate of drug-likeness (QED) is 0.347. The van der Waals surface area contributed by atoms with Gasteiger partial charge in [-0.15, -0.1) is 0 Å². The van der Waals surface area contributed by atoms with Crippen molar-refractivity contribution in [2.75, 3.05) is 0 Å². The predicted octanol–water partition coefficient (Wildman–Crippen LogP) is 1.44. The fourth-order valence-corrected chi connectivity index (χ4v) is 1.19. The van der Waals surface area contributed by atoms with Crippen molar-refractivity contribution in [3.05, 3.63) is 28.8 Å². The maximum absolute atomic E-state index is 11.0. The van der Waals surface area contributed by atoms with Crippen LogP contribution in [0, 0.1) is 0 Å². The molecular formula is C8H3ClO3. The van der Waals surface area contributed by atoms with Crippen LogP contribution >= 0.6 is 11.6 Å². The summed E-state index contributed by atoms with van der Waals surface area (Å²) < 4.78 is 4.63. The molecule has 1 aromatic carbocycles. The summed E-state index contributed by atoms with van der Waals surface area (Å²) in [5.41, 5.74) is 0.282. The molecule has 60 valence electrons. The van der Waals surface area contributed by atoms with Crippen LogP contribution in [0.3, 0.4) is 0 Å². The summed E-state index contributed by atoms with van der Waals surface area (Å²) in [6.45, 7) is 0. The van der Waals surface area contributed by atoms with Crippen molar-refractivity contribution in [2.24, 2.45) is 0 Å². The number of fused-ring (bicyclic) bond motifs is 1. The van der Waals surface area contributed by atoms with Crippen molar-refractivity contribution in [3.63, 3.8) is 0 Å². The van der Waals surface area contributed by atoms with Gasteiger partial charge >= 0.3 is 5.97 Å². The fraction of sp³-hybridized carbons (Fsp3) is 0. The molecule has 1 aliphatic rings. The summed E-state index contributed by atoms with van der Waals surface area (Å²) in [7, 11) is 0. The van der Waals surface area contributed by atoms with Gasteiger partial charge in [0.2, 0.25) is 0 Å². The Labute approximate surface area is 72.9 Å². The summed E-state index contributed by atoms with van der Waals surface area (Å²) in [4.78, 5) is 21.7. The van der Waals surface area contributed by atoms with Crippen LogP contribution < -0.4 is 4.74 Å². The van der Waals surface area contributed by atoms with E-state index < -0.39 is 11.8 Å². The monoisotopic (exact) mass is 182 g/mol. The summed E-state index contributed by atoms with van der Waals surface area (Å²) in [5, 5.41) is 0.441. The first-order valence-electron chi connectivity index (χ1n) is 3.24. The second-order valence-corrected chi connectivity index (χ2v) is 2.80. The highest BCUT2D eigenvalue weighted by molar-refractivity contribution is 6.44. The van der Waals surface area contributed by atoms with Crippen LogP contribution in [0.4, 0.5) is 0 Å². The molecule has 1 heterocycles. The highest BCUT2D eigenvalue weighted by atomic mass is 35.5. The van der Waals surface area contributed by atoms with Crippen molar-refractivity contribution in [2.45, 2.75) is 0 Å². The molecule has 0 radical (unpaired) electrons. The van der Waals surface area contributed by atoms with Gasteiger partial charge in [0.15, 0.2) is 0 Å². The number of hydrogen-bond acceptors (Lipinski definition) is 3. The minimum atomic E-state index is -0.840. The van der Waals surface area contributed by atoms with Gasteiger partial charge in [0.25, 0.3) is 5.78 Å². The zero-order chi connectivity index (χ0) is 8.72. The molecule has 1 aromatic rings. The van der Waals surface area contributed by atoms with Gasteiger partial charge in [-0.1, -0.05) is 11.6 Å². The minimum Gasteiger partial charge on any atom is -0.420 e. The van der Waals surface area contributed by atoms with Gasteiger partial charge < -0.3 is 4.74 Å². The van der Waals surface area contributed by atoms with E-state index in [2.05, 4.69) is 4.74 Å². The van der Waals surface area contributed by atoms with E-state index in [0.717, 1.165) is 0 Å². The van der Waals surface area contributed by atoms with Crippen LogP contribution in [0.1, 0.15) is 10.4 Å². The Morgan fingerprint density at radius 3 is 2.75 bits per heavy atom. The second kappa shape index (κ2) is 2.32. The van der Waals surface area contributed by atoms with E-state index in [1.807, 2.05) is 0 Å². The first kappa shape index (κ1) is 7.31. The Morgan fingerprint density at radius 1 is 1.25 bits per heavy atom. The smallest absolute Gasteiger partial charge is 0.385 e. The summed E-state index contributed by atoms with van der Waals surface area (Å²) in [6.07, 6.45) is 0. The number of carbonyl (C=O) groups excluding carboxylic acids is 2. The van der Waals surface area contributed by atoms with Crippen molar-refractivity contribution < 1.29 is 14.3 Å². The van der Waals surface area contributed by atoms with Gasteiger partial charge in [0, 0.05) is 11.1 Å². The standard InChI is InChI=1S/C8H3ClO3/c9-4-1-2-5-6(3-4)12-8(11)7(5)10/h1-3H. The molecule has 0 aromatic heterocycles. The number of carbonyl (C=O) groups is 2. The molecule has 3 nitrogen and oxygen atoms in total. The van der Waals surface area contributed by atoms with Crippen LogP contribution in [-0.4, -0.2) is 11.8 Å². The Balaban J connectivity index is 2.62. The topological polar surface area (TPSA) is 43.4 Å². The number of ether oxygens (including phenoxy) is 1. The first-order valence-corrected chi connectivity index (χ1v) is 3.62. The average molecular weight is 183 g/mol. The van der Waals surface area contributed by atoms with Crippen LogP contribution in [0.2, 0.25) is 5.02 Å². The molecule has 1 aliphatic heterocycles. The van der Waals surface area contributed by atoms with E-state index in [-0.39, 0.29) is 11.3 Å². The number of benzene rings is 1. The third-order valence-corrected chi connectivity index (χ3v) is 1.81. The predicted molar refractivity (Wildman–Crippen MR) is 41.4 cm³/mol. The summed E-state index contributed by atoms with van der Waals surface area (Å²) >= 11 is 5.62. The Bertz CT molecular complexity index is 384. The van der Waals surface area contributed by atoms with Crippen molar-refractivity contribution in [1.29, 1.82) is 0 Å². The molecule has 0 bridgehead atoms. The maximum atomic E-state index is 11.0. The van der Waals surface area contributed by atoms with E-state index in [0.29, 0.717) is 5.02 Å². The molecule has 2 rings (SSSR count). The molecule has 0 N–H and O–H groups in total. The molecule has 0 saturated heterocycles. The third kappa shape index (κ3) is 0.905. The molecule has 0 fully saturated rings. The number of Topliss-reactive ketones (excluding diaryl/α,β-unsaturated/α-hetero) is 1. The van der Waals surface area contributed by atoms with Gasteiger partial charge in [-0.25, -0.2) is 4.79 Å². The normalized spacial score (nSPS) is 14.4. The van der Waals surface area contributed by atoms with E-state index >= 15 is 0 Å². The number of ketones is 1. The third-order valence-electron chi connectivity index (χ3n) is 1.58. The molecule has 0 spiro atoms. The second-order valence-electron chi connectivity index (χ2n) is 2.36. The molecule has 12 heavy (non-hydrogen) atoms. The fourth-order valence-electron chi connectivity index (χ4n) is 1.02. The van der Waals surface area contributed by atoms with Crippen LogP contribution in [0.5, 0.6) is 5.75 Å². The molecule has 0 saturated carbocycles. The summed E-state index contributed by atoms with van der Waals surface area (Å²) in [6, 6.07) is 4.46.